The van der Waals surface area contributed by atoms with Crippen LogP contribution in [0.2, 0.25) is 0 Å². The van der Waals surface area contributed by atoms with E-state index in [0.29, 0.717) is 6.04 Å². The summed E-state index contributed by atoms with van der Waals surface area (Å²) in [6.45, 7) is 1.67. The molecule has 0 bridgehead atoms. The molecule has 0 unspecified atom stereocenters. The molecule has 100 valence electrons. The van der Waals surface area contributed by atoms with Gasteiger partial charge in [-0.2, -0.15) is 0 Å². The molecule has 4 nitrogen and oxygen atoms in total. The van der Waals surface area contributed by atoms with E-state index in [1.54, 1.807) is 6.26 Å². The Hall–Kier alpha value is -1.81. The Bertz CT molecular complexity index is 520. The summed E-state index contributed by atoms with van der Waals surface area (Å²) in [6, 6.07) is 8.79. The lowest BCUT2D eigenvalue weighted by Crippen LogP contribution is -2.26. The molecule has 1 aliphatic carbocycles. The second-order valence-electron chi connectivity index (χ2n) is 4.99. The van der Waals surface area contributed by atoms with Gasteiger partial charge in [-0.05, 0) is 49.7 Å². The van der Waals surface area contributed by atoms with Gasteiger partial charge in [0.2, 0.25) is 0 Å². The number of anilines is 1. The molecule has 1 aliphatic rings. The lowest BCUT2D eigenvalue weighted by atomic mass is 10.2. The summed E-state index contributed by atoms with van der Waals surface area (Å²) in [7, 11) is 1.96. The highest BCUT2D eigenvalue weighted by atomic mass is 16.3. The van der Waals surface area contributed by atoms with E-state index in [1.807, 2.05) is 25.4 Å². The molecular weight excluding hydrogens is 238 g/mol. The third kappa shape index (κ3) is 2.96. The lowest BCUT2D eigenvalue weighted by Gasteiger charge is -2.22. The maximum Gasteiger partial charge on any atom is 0.129 e. The Balaban J connectivity index is 1.81. The first-order valence-corrected chi connectivity index (χ1v) is 6.75. The number of rotatable bonds is 6. The molecule has 1 N–H and O–H groups in total. The molecule has 0 atom stereocenters. The van der Waals surface area contributed by atoms with Crippen LogP contribution in [-0.2, 0) is 13.1 Å². The number of nitrogens with zero attached hydrogens (tertiary/aromatic N) is 2. The second kappa shape index (κ2) is 5.45. The zero-order valence-electron chi connectivity index (χ0n) is 11.2. The van der Waals surface area contributed by atoms with Crippen molar-refractivity contribution in [1.82, 2.24) is 10.3 Å². The average molecular weight is 257 g/mol. The average Bonchev–Trinajstić information content (AvgIpc) is 3.14. The minimum Gasteiger partial charge on any atom is -0.467 e. The number of nitrogens with one attached hydrogen (secondary N) is 1. The molecule has 0 saturated heterocycles. The molecule has 3 rings (SSSR count). The van der Waals surface area contributed by atoms with E-state index in [2.05, 4.69) is 27.3 Å². The molecule has 0 aromatic carbocycles. The maximum absolute atomic E-state index is 5.46. The third-order valence-electron chi connectivity index (χ3n) is 3.38. The van der Waals surface area contributed by atoms with Gasteiger partial charge in [-0.1, -0.05) is 0 Å². The van der Waals surface area contributed by atoms with Crippen LogP contribution >= 0.6 is 0 Å². The van der Waals surface area contributed by atoms with E-state index in [0.717, 1.165) is 24.7 Å². The van der Waals surface area contributed by atoms with Crippen molar-refractivity contribution < 1.29 is 4.42 Å². The molecule has 0 aliphatic heterocycles. The second-order valence-corrected chi connectivity index (χ2v) is 4.99. The van der Waals surface area contributed by atoms with Gasteiger partial charge >= 0.3 is 0 Å². The SMILES string of the molecule is CNCc1ccnc(N(Cc2ccco2)C2CC2)c1. The largest absolute Gasteiger partial charge is 0.467 e. The van der Waals surface area contributed by atoms with E-state index in [4.69, 9.17) is 4.42 Å². The quantitative estimate of drug-likeness (QED) is 0.863. The Kier molecular flexibility index (Phi) is 3.51. The Morgan fingerprint density at radius 2 is 2.32 bits per heavy atom. The van der Waals surface area contributed by atoms with Crippen LogP contribution in [-0.4, -0.2) is 18.1 Å². The smallest absolute Gasteiger partial charge is 0.129 e. The predicted molar refractivity (Wildman–Crippen MR) is 74.9 cm³/mol. The van der Waals surface area contributed by atoms with Crippen LogP contribution in [0, 0.1) is 0 Å². The first-order valence-electron chi connectivity index (χ1n) is 6.75. The van der Waals surface area contributed by atoms with Crippen LogP contribution in [0.25, 0.3) is 0 Å². The summed E-state index contributed by atoms with van der Waals surface area (Å²) < 4.78 is 5.46. The van der Waals surface area contributed by atoms with Crippen LogP contribution < -0.4 is 10.2 Å². The van der Waals surface area contributed by atoms with Crippen LogP contribution in [0.4, 0.5) is 5.82 Å². The monoisotopic (exact) mass is 257 g/mol. The summed E-state index contributed by atoms with van der Waals surface area (Å²) >= 11 is 0. The number of hydrogen-bond donors (Lipinski definition) is 1. The molecule has 19 heavy (non-hydrogen) atoms. The Labute approximate surface area is 113 Å². The van der Waals surface area contributed by atoms with E-state index in [-0.39, 0.29) is 0 Å². The van der Waals surface area contributed by atoms with Gasteiger partial charge in [0.05, 0.1) is 12.8 Å². The van der Waals surface area contributed by atoms with E-state index in [9.17, 15) is 0 Å². The zero-order valence-corrected chi connectivity index (χ0v) is 11.2. The van der Waals surface area contributed by atoms with Crippen LogP contribution in [0.15, 0.2) is 41.1 Å². The predicted octanol–water partition coefficient (Wildman–Crippen LogP) is 2.56. The van der Waals surface area contributed by atoms with Crippen LogP contribution in [0.3, 0.4) is 0 Å². The first kappa shape index (κ1) is 12.2. The van der Waals surface area contributed by atoms with Crippen LogP contribution in [0.1, 0.15) is 24.2 Å². The van der Waals surface area contributed by atoms with Gasteiger partial charge < -0.3 is 14.6 Å². The fraction of sp³-hybridized carbons (Fsp3) is 0.400. The van der Waals surface area contributed by atoms with Gasteiger partial charge in [0, 0.05) is 18.8 Å². The standard InChI is InChI=1S/C15H19N3O/c1-16-10-12-6-7-17-15(9-12)18(13-4-5-13)11-14-3-2-8-19-14/h2-3,6-9,13,16H,4-5,10-11H2,1H3. The maximum atomic E-state index is 5.46. The zero-order chi connectivity index (χ0) is 13.1. The normalized spacial score (nSPS) is 14.6. The third-order valence-corrected chi connectivity index (χ3v) is 3.38. The molecule has 1 fully saturated rings. The number of pyridine rings is 1. The minimum atomic E-state index is 0.613. The molecular formula is C15H19N3O. The molecule has 2 aromatic heterocycles. The minimum absolute atomic E-state index is 0.613. The van der Waals surface area contributed by atoms with Crippen molar-refractivity contribution in [1.29, 1.82) is 0 Å². The molecule has 0 amide bonds. The Morgan fingerprint density at radius 3 is 3.00 bits per heavy atom. The molecule has 1 saturated carbocycles. The summed E-state index contributed by atoms with van der Waals surface area (Å²) in [6.07, 6.45) is 6.11. The van der Waals surface area contributed by atoms with Crippen LogP contribution in [0.5, 0.6) is 0 Å². The highest BCUT2D eigenvalue weighted by Crippen LogP contribution is 2.32. The molecule has 0 radical (unpaired) electrons. The fourth-order valence-corrected chi connectivity index (χ4v) is 2.29. The van der Waals surface area contributed by atoms with Crippen molar-refractivity contribution in [3.8, 4) is 0 Å². The van der Waals surface area contributed by atoms with E-state index >= 15 is 0 Å². The summed E-state index contributed by atoms with van der Waals surface area (Å²) in [4.78, 5) is 6.87. The van der Waals surface area contributed by atoms with Crippen molar-refractivity contribution in [2.75, 3.05) is 11.9 Å². The van der Waals surface area contributed by atoms with Gasteiger partial charge in [0.25, 0.3) is 0 Å². The summed E-state index contributed by atoms with van der Waals surface area (Å²) in [5.74, 6) is 2.04. The van der Waals surface area contributed by atoms with Gasteiger partial charge in [-0.15, -0.1) is 0 Å². The van der Waals surface area contributed by atoms with Crippen molar-refractivity contribution in [2.45, 2.75) is 32.0 Å². The van der Waals surface area contributed by atoms with Crippen molar-refractivity contribution >= 4 is 5.82 Å². The summed E-state index contributed by atoms with van der Waals surface area (Å²) in [5, 5.41) is 3.18. The van der Waals surface area contributed by atoms with E-state index in [1.165, 1.54) is 18.4 Å². The first-order chi connectivity index (χ1) is 9.36. The highest BCUT2D eigenvalue weighted by molar-refractivity contribution is 5.44. The highest BCUT2D eigenvalue weighted by Gasteiger charge is 2.30. The fourth-order valence-electron chi connectivity index (χ4n) is 2.29. The van der Waals surface area contributed by atoms with Gasteiger partial charge in [-0.25, -0.2) is 4.98 Å². The molecule has 2 aromatic rings. The number of hydrogen-bond acceptors (Lipinski definition) is 4. The molecule has 0 spiro atoms. The molecule has 2 heterocycles. The number of furan rings is 1. The van der Waals surface area contributed by atoms with E-state index < -0.39 is 0 Å². The van der Waals surface area contributed by atoms with Crippen molar-refractivity contribution in [3.05, 3.63) is 48.0 Å². The summed E-state index contributed by atoms with van der Waals surface area (Å²) in [5.41, 5.74) is 1.26. The van der Waals surface area contributed by atoms with Gasteiger partial charge in [-0.3, -0.25) is 0 Å². The molecule has 4 heteroatoms. The van der Waals surface area contributed by atoms with Crippen molar-refractivity contribution in [2.24, 2.45) is 0 Å². The topological polar surface area (TPSA) is 41.3 Å². The van der Waals surface area contributed by atoms with Gasteiger partial charge in [0.15, 0.2) is 0 Å². The Morgan fingerprint density at radius 1 is 1.42 bits per heavy atom. The van der Waals surface area contributed by atoms with Crippen molar-refractivity contribution in [3.63, 3.8) is 0 Å². The van der Waals surface area contributed by atoms with Gasteiger partial charge in [0.1, 0.15) is 11.6 Å². The number of aromatic nitrogens is 1. The lowest BCUT2D eigenvalue weighted by molar-refractivity contribution is 0.500.